The maximum absolute atomic E-state index is 11.6. The van der Waals surface area contributed by atoms with Gasteiger partial charge in [-0.25, -0.2) is 9.78 Å². The van der Waals surface area contributed by atoms with Gasteiger partial charge in [-0.1, -0.05) is 24.3 Å². The molecule has 0 aliphatic heterocycles. The Morgan fingerprint density at radius 2 is 2.12 bits per heavy atom. The van der Waals surface area contributed by atoms with Gasteiger partial charge in [0.1, 0.15) is 0 Å². The molecule has 1 heterocycles. The smallest absolute Gasteiger partial charge is 0.358 e. The van der Waals surface area contributed by atoms with E-state index in [1.165, 1.54) is 18.4 Å². The minimum Gasteiger partial charge on any atom is -0.464 e. The van der Waals surface area contributed by atoms with Gasteiger partial charge in [0.15, 0.2) is 9.61 Å². The number of carbonyl (C=O) groups excluding carboxylic acids is 1. The lowest BCUT2D eigenvalue weighted by Gasteiger charge is -2.04. The number of carbonyl (C=O) groups is 1. The molecule has 1 aromatic carbocycles. The van der Waals surface area contributed by atoms with E-state index in [1.54, 1.807) is 0 Å². The number of thiazole rings is 1. The number of hydrogen-bond donors (Lipinski definition) is 0. The third-order valence-electron chi connectivity index (χ3n) is 2.37. The average molecular weight is 312 g/mol. The summed E-state index contributed by atoms with van der Waals surface area (Å²) in [6.07, 6.45) is 0. The molecule has 0 atom stereocenters. The first kappa shape index (κ1) is 12.3. The molecule has 5 heteroatoms. The Labute approximate surface area is 112 Å². The van der Waals surface area contributed by atoms with Crippen LogP contribution < -0.4 is 0 Å². The molecule has 88 valence electrons. The van der Waals surface area contributed by atoms with Gasteiger partial charge in [0.25, 0.3) is 0 Å². The Hall–Kier alpha value is -1.20. The largest absolute Gasteiger partial charge is 0.464 e. The molecular weight excluding hydrogens is 302 g/mol. The molecule has 0 fully saturated rings. The first-order valence-electron chi connectivity index (χ1n) is 4.94. The van der Waals surface area contributed by atoms with Crippen LogP contribution in [0.2, 0.25) is 0 Å². The molecule has 0 amide bonds. The predicted molar refractivity (Wildman–Crippen MR) is 71.3 cm³/mol. The van der Waals surface area contributed by atoms with Gasteiger partial charge in [0, 0.05) is 0 Å². The summed E-state index contributed by atoms with van der Waals surface area (Å²) in [5.41, 5.74) is 2.48. The summed E-state index contributed by atoms with van der Waals surface area (Å²) < 4.78 is 5.41. The summed E-state index contributed by atoms with van der Waals surface area (Å²) >= 11 is 4.73. The molecule has 0 saturated heterocycles. The highest BCUT2D eigenvalue weighted by molar-refractivity contribution is 9.11. The second-order valence-electron chi connectivity index (χ2n) is 3.45. The summed E-state index contributed by atoms with van der Waals surface area (Å²) in [7, 11) is 1.36. The van der Waals surface area contributed by atoms with Gasteiger partial charge < -0.3 is 4.74 Å². The lowest BCUT2D eigenvalue weighted by atomic mass is 10.1. The number of halogens is 1. The second-order valence-corrected chi connectivity index (χ2v) is 5.73. The Kier molecular flexibility index (Phi) is 3.59. The van der Waals surface area contributed by atoms with Crippen LogP contribution in [0.4, 0.5) is 0 Å². The van der Waals surface area contributed by atoms with Gasteiger partial charge >= 0.3 is 5.97 Å². The molecule has 2 rings (SSSR count). The lowest BCUT2D eigenvalue weighted by molar-refractivity contribution is 0.0595. The average Bonchev–Trinajstić information content (AvgIpc) is 2.71. The Morgan fingerprint density at radius 1 is 1.41 bits per heavy atom. The molecule has 17 heavy (non-hydrogen) atoms. The van der Waals surface area contributed by atoms with Gasteiger partial charge in [-0.2, -0.15) is 0 Å². The summed E-state index contributed by atoms with van der Waals surface area (Å²) in [6, 6.07) is 7.88. The molecule has 0 spiro atoms. The van der Waals surface area contributed by atoms with Crippen molar-refractivity contribution < 1.29 is 9.53 Å². The molecule has 0 aliphatic rings. The first-order chi connectivity index (χ1) is 8.13. The van der Waals surface area contributed by atoms with E-state index in [2.05, 4.69) is 20.9 Å². The van der Waals surface area contributed by atoms with E-state index in [0.29, 0.717) is 9.61 Å². The molecule has 0 N–H and O–H groups in total. The number of ether oxygens (including phenoxy) is 1. The maximum atomic E-state index is 11.6. The second kappa shape index (κ2) is 4.98. The van der Waals surface area contributed by atoms with Crippen molar-refractivity contribution >= 4 is 33.2 Å². The highest BCUT2D eigenvalue weighted by Gasteiger charge is 2.20. The van der Waals surface area contributed by atoms with Crippen LogP contribution in [0.3, 0.4) is 0 Å². The zero-order valence-electron chi connectivity index (χ0n) is 9.36. The minimum absolute atomic E-state index is 0.360. The standard InChI is InChI=1S/C12H10BrNO2S/c1-7-5-3-4-6-8(7)10-9(11(15)16-2)14-12(13)17-10/h3-6H,1-2H3. The summed E-state index contributed by atoms with van der Waals surface area (Å²) in [4.78, 5) is 16.6. The predicted octanol–water partition coefficient (Wildman–Crippen LogP) is 3.67. The van der Waals surface area contributed by atoms with Gasteiger partial charge in [-0.3, -0.25) is 0 Å². The molecule has 0 unspecified atom stereocenters. The number of aryl methyl sites for hydroxylation is 1. The van der Waals surface area contributed by atoms with Crippen LogP contribution in [-0.4, -0.2) is 18.1 Å². The fourth-order valence-electron chi connectivity index (χ4n) is 1.54. The normalized spacial score (nSPS) is 10.3. The van der Waals surface area contributed by atoms with Crippen molar-refractivity contribution in [3.05, 3.63) is 39.4 Å². The van der Waals surface area contributed by atoms with Crippen molar-refractivity contribution in [3.8, 4) is 10.4 Å². The molecule has 2 aromatic rings. The van der Waals surface area contributed by atoms with Crippen LogP contribution in [-0.2, 0) is 4.74 Å². The van der Waals surface area contributed by atoms with Crippen molar-refractivity contribution in [2.24, 2.45) is 0 Å². The Bertz CT molecular complexity index is 565. The topological polar surface area (TPSA) is 39.2 Å². The van der Waals surface area contributed by atoms with Crippen molar-refractivity contribution in [2.75, 3.05) is 7.11 Å². The van der Waals surface area contributed by atoms with Gasteiger partial charge in [0.05, 0.1) is 12.0 Å². The van der Waals surface area contributed by atoms with E-state index in [0.717, 1.165) is 16.0 Å². The van der Waals surface area contributed by atoms with Crippen LogP contribution in [0.1, 0.15) is 16.1 Å². The van der Waals surface area contributed by atoms with E-state index < -0.39 is 5.97 Å². The first-order valence-corrected chi connectivity index (χ1v) is 6.55. The number of aromatic nitrogens is 1. The zero-order valence-corrected chi connectivity index (χ0v) is 11.8. The van der Waals surface area contributed by atoms with Crippen LogP contribution in [0.25, 0.3) is 10.4 Å². The molecule has 0 bridgehead atoms. The third-order valence-corrected chi connectivity index (χ3v) is 3.91. The van der Waals surface area contributed by atoms with E-state index in [4.69, 9.17) is 4.74 Å². The number of esters is 1. The van der Waals surface area contributed by atoms with Crippen molar-refractivity contribution in [2.45, 2.75) is 6.92 Å². The van der Waals surface area contributed by atoms with Crippen LogP contribution >= 0.6 is 27.3 Å². The monoisotopic (exact) mass is 311 g/mol. The number of methoxy groups -OCH3 is 1. The molecule has 0 saturated carbocycles. The number of nitrogens with zero attached hydrogens (tertiary/aromatic N) is 1. The van der Waals surface area contributed by atoms with E-state index >= 15 is 0 Å². The maximum Gasteiger partial charge on any atom is 0.358 e. The van der Waals surface area contributed by atoms with Crippen LogP contribution in [0, 0.1) is 6.92 Å². The fourth-order valence-corrected chi connectivity index (χ4v) is 3.07. The van der Waals surface area contributed by atoms with Crippen molar-refractivity contribution in [1.82, 2.24) is 4.98 Å². The Balaban J connectivity index is 2.60. The van der Waals surface area contributed by atoms with E-state index in [1.807, 2.05) is 31.2 Å². The van der Waals surface area contributed by atoms with Crippen molar-refractivity contribution in [1.29, 1.82) is 0 Å². The number of rotatable bonds is 2. The van der Waals surface area contributed by atoms with Gasteiger partial charge in [-0.15, -0.1) is 11.3 Å². The van der Waals surface area contributed by atoms with E-state index in [-0.39, 0.29) is 0 Å². The summed E-state index contributed by atoms with van der Waals surface area (Å²) in [6.45, 7) is 2.00. The summed E-state index contributed by atoms with van der Waals surface area (Å²) in [5, 5.41) is 0. The molecule has 3 nitrogen and oxygen atoms in total. The van der Waals surface area contributed by atoms with Crippen molar-refractivity contribution in [3.63, 3.8) is 0 Å². The summed E-state index contributed by atoms with van der Waals surface area (Å²) in [5.74, 6) is -0.412. The van der Waals surface area contributed by atoms with Gasteiger partial charge in [0.2, 0.25) is 0 Å². The highest BCUT2D eigenvalue weighted by atomic mass is 79.9. The lowest BCUT2D eigenvalue weighted by Crippen LogP contribution is -2.03. The zero-order chi connectivity index (χ0) is 12.4. The highest BCUT2D eigenvalue weighted by Crippen LogP contribution is 2.35. The molecular formula is C12H10BrNO2S. The molecule has 1 aromatic heterocycles. The molecule has 0 radical (unpaired) electrons. The quantitative estimate of drug-likeness (QED) is 0.794. The fraction of sp³-hybridized carbons (Fsp3) is 0.167. The van der Waals surface area contributed by atoms with E-state index in [9.17, 15) is 4.79 Å². The van der Waals surface area contributed by atoms with Gasteiger partial charge in [-0.05, 0) is 34.0 Å². The van der Waals surface area contributed by atoms with Crippen LogP contribution in [0.5, 0.6) is 0 Å². The SMILES string of the molecule is COC(=O)c1nc(Br)sc1-c1ccccc1C. The Morgan fingerprint density at radius 3 is 2.76 bits per heavy atom. The number of benzene rings is 1. The minimum atomic E-state index is -0.412. The van der Waals surface area contributed by atoms with Crippen LogP contribution in [0.15, 0.2) is 28.2 Å². The third kappa shape index (κ3) is 2.40. The molecule has 0 aliphatic carbocycles. The number of hydrogen-bond acceptors (Lipinski definition) is 4.